The zero-order valence-corrected chi connectivity index (χ0v) is 11.7. The second-order valence-corrected chi connectivity index (χ2v) is 5.17. The van der Waals surface area contributed by atoms with Crippen LogP contribution in [-0.4, -0.2) is 73.5 Å². The minimum Gasteiger partial charge on any atom is -0.481 e. The van der Waals surface area contributed by atoms with Gasteiger partial charge in [0.2, 0.25) is 5.91 Å². The Morgan fingerprint density at radius 1 is 1.30 bits per heavy atom. The quantitative estimate of drug-likeness (QED) is 0.696. The third-order valence-corrected chi connectivity index (χ3v) is 3.78. The number of carboxylic acids is 1. The highest BCUT2D eigenvalue weighted by molar-refractivity contribution is 5.81. The van der Waals surface area contributed by atoms with Gasteiger partial charge in [-0.1, -0.05) is 6.92 Å². The van der Waals surface area contributed by atoms with Crippen LogP contribution in [0.1, 0.15) is 13.3 Å². The van der Waals surface area contributed by atoms with E-state index in [1.807, 2.05) is 6.92 Å². The molecule has 0 bridgehead atoms. The number of carboxylic acid groups (broad SMARTS) is 1. The molecular formula is C13H22N2O5. The van der Waals surface area contributed by atoms with Gasteiger partial charge in [0.25, 0.3) is 0 Å². The van der Waals surface area contributed by atoms with Gasteiger partial charge in [0, 0.05) is 12.6 Å². The molecule has 20 heavy (non-hydrogen) atoms. The Bertz CT molecular complexity index is 363. The van der Waals surface area contributed by atoms with Crippen molar-refractivity contribution in [3.63, 3.8) is 0 Å². The summed E-state index contributed by atoms with van der Waals surface area (Å²) in [6.07, 6.45) is -0.0782. The van der Waals surface area contributed by atoms with Crippen molar-refractivity contribution >= 4 is 11.9 Å². The molecule has 0 aromatic rings. The van der Waals surface area contributed by atoms with Crippen LogP contribution in [0.4, 0.5) is 0 Å². The van der Waals surface area contributed by atoms with Crippen molar-refractivity contribution in [3.8, 4) is 0 Å². The van der Waals surface area contributed by atoms with Crippen molar-refractivity contribution in [2.45, 2.75) is 25.4 Å². The zero-order valence-electron chi connectivity index (χ0n) is 11.7. The van der Waals surface area contributed by atoms with Crippen LogP contribution in [0.3, 0.4) is 0 Å². The summed E-state index contributed by atoms with van der Waals surface area (Å²) >= 11 is 0. The molecule has 2 heterocycles. The SMILES string of the molecule is CCNC1COCC1C(=O)N1CCOCC1CC(=O)O. The molecule has 3 unspecified atom stereocenters. The van der Waals surface area contributed by atoms with Crippen LogP contribution in [0.25, 0.3) is 0 Å². The molecule has 0 aromatic heterocycles. The van der Waals surface area contributed by atoms with Crippen LogP contribution < -0.4 is 5.32 Å². The number of morpholine rings is 1. The molecule has 1 amide bonds. The Hall–Kier alpha value is -1.18. The number of rotatable bonds is 5. The first-order chi connectivity index (χ1) is 9.63. The van der Waals surface area contributed by atoms with Gasteiger partial charge in [0.05, 0.1) is 44.8 Å². The van der Waals surface area contributed by atoms with Gasteiger partial charge in [-0.3, -0.25) is 9.59 Å². The summed E-state index contributed by atoms with van der Waals surface area (Å²) in [7, 11) is 0. The Morgan fingerprint density at radius 2 is 2.10 bits per heavy atom. The highest BCUT2D eigenvalue weighted by atomic mass is 16.5. The van der Waals surface area contributed by atoms with E-state index in [0.717, 1.165) is 6.54 Å². The van der Waals surface area contributed by atoms with Gasteiger partial charge in [-0.25, -0.2) is 0 Å². The van der Waals surface area contributed by atoms with Crippen LogP contribution in [0.2, 0.25) is 0 Å². The van der Waals surface area contributed by atoms with Gasteiger partial charge < -0.3 is 24.8 Å². The van der Waals surface area contributed by atoms with E-state index in [-0.39, 0.29) is 36.9 Å². The molecule has 7 heteroatoms. The Balaban J connectivity index is 2.03. The molecule has 2 aliphatic heterocycles. The summed E-state index contributed by atoms with van der Waals surface area (Å²) in [5, 5.41) is 12.2. The maximum absolute atomic E-state index is 12.6. The molecule has 114 valence electrons. The first kappa shape index (κ1) is 15.2. The molecule has 7 nitrogen and oxygen atoms in total. The number of aliphatic carboxylic acids is 1. The largest absolute Gasteiger partial charge is 0.481 e. The van der Waals surface area contributed by atoms with E-state index in [9.17, 15) is 9.59 Å². The second kappa shape index (κ2) is 7.01. The van der Waals surface area contributed by atoms with Crippen LogP contribution in [0, 0.1) is 5.92 Å². The van der Waals surface area contributed by atoms with Gasteiger partial charge in [0.1, 0.15) is 0 Å². The molecule has 0 radical (unpaired) electrons. The van der Waals surface area contributed by atoms with Crippen LogP contribution in [0.5, 0.6) is 0 Å². The molecular weight excluding hydrogens is 264 g/mol. The highest BCUT2D eigenvalue weighted by Crippen LogP contribution is 2.21. The lowest BCUT2D eigenvalue weighted by Gasteiger charge is -2.37. The van der Waals surface area contributed by atoms with Crippen molar-refractivity contribution in [1.29, 1.82) is 0 Å². The minimum atomic E-state index is -0.913. The molecule has 0 spiro atoms. The number of carbonyl (C=O) groups excluding carboxylic acids is 1. The number of hydrogen-bond donors (Lipinski definition) is 2. The summed E-state index contributed by atoms with van der Waals surface area (Å²) in [5.41, 5.74) is 0. The Labute approximate surface area is 118 Å². The maximum atomic E-state index is 12.6. The topological polar surface area (TPSA) is 88.1 Å². The molecule has 2 saturated heterocycles. The molecule has 0 saturated carbocycles. The summed E-state index contributed by atoms with van der Waals surface area (Å²) in [6.45, 7) is 4.89. The summed E-state index contributed by atoms with van der Waals surface area (Å²) in [4.78, 5) is 25.2. The average molecular weight is 286 g/mol. The predicted molar refractivity (Wildman–Crippen MR) is 70.3 cm³/mol. The molecule has 2 rings (SSSR count). The normalized spacial score (nSPS) is 30.4. The number of ether oxygens (including phenoxy) is 2. The van der Waals surface area contributed by atoms with Crippen molar-refractivity contribution in [2.75, 3.05) is 39.5 Å². The van der Waals surface area contributed by atoms with E-state index >= 15 is 0 Å². The second-order valence-electron chi connectivity index (χ2n) is 5.17. The Kier molecular flexibility index (Phi) is 5.33. The molecule has 2 N–H and O–H groups in total. The molecule has 2 aliphatic rings. The number of likely N-dealkylation sites (N-methyl/N-ethyl adjacent to an activating group) is 1. The highest BCUT2D eigenvalue weighted by Gasteiger charge is 2.39. The van der Waals surface area contributed by atoms with E-state index in [4.69, 9.17) is 14.6 Å². The lowest BCUT2D eigenvalue weighted by Crippen LogP contribution is -2.54. The number of hydrogen-bond acceptors (Lipinski definition) is 5. The van der Waals surface area contributed by atoms with Crippen LogP contribution in [0.15, 0.2) is 0 Å². The van der Waals surface area contributed by atoms with E-state index in [2.05, 4.69) is 5.32 Å². The first-order valence-electron chi connectivity index (χ1n) is 7.04. The lowest BCUT2D eigenvalue weighted by atomic mass is 10.00. The minimum absolute atomic E-state index is 0.0147. The summed E-state index contributed by atoms with van der Waals surface area (Å²) < 4.78 is 10.7. The van der Waals surface area contributed by atoms with E-state index in [0.29, 0.717) is 26.4 Å². The van der Waals surface area contributed by atoms with Crippen LogP contribution >= 0.6 is 0 Å². The fraction of sp³-hybridized carbons (Fsp3) is 0.846. The third-order valence-electron chi connectivity index (χ3n) is 3.78. The smallest absolute Gasteiger partial charge is 0.305 e. The molecule has 2 fully saturated rings. The van der Waals surface area contributed by atoms with Gasteiger partial charge in [-0.2, -0.15) is 0 Å². The Morgan fingerprint density at radius 3 is 2.80 bits per heavy atom. The van der Waals surface area contributed by atoms with Crippen molar-refractivity contribution < 1.29 is 24.2 Å². The monoisotopic (exact) mass is 286 g/mol. The third kappa shape index (κ3) is 3.47. The molecule has 0 aliphatic carbocycles. The van der Waals surface area contributed by atoms with Gasteiger partial charge in [-0.15, -0.1) is 0 Å². The number of amides is 1. The number of nitrogens with one attached hydrogen (secondary N) is 1. The maximum Gasteiger partial charge on any atom is 0.305 e. The number of nitrogens with zero attached hydrogens (tertiary/aromatic N) is 1. The summed E-state index contributed by atoms with van der Waals surface area (Å²) in [6, 6.07) is -0.363. The van der Waals surface area contributed by atoms with Crippen molar-refractivity contribution in [3.05, 3.63) is 0 Å². The number of carbonyl (C=O) groups is 2. The van der Waals surface area contributed by atoms with Crippen LogP contribution in [-0.2, 0) is 19.1 Å². The van der Waals surface area contributed by atoms with E-state index in [1.54, 1.807) is 4.90 Å². The molecule has 0 aromatic carbocycles. The van der Waals surface area contributed by atoms with E-state index in [1.165, 1.54) is 0 Å². The van der Waals surface area contributed by atoms with E-state index < -0.39 is 5.97 Å². The zero-order chi connectivity index (χ0) is 14.5. The molecule has 3 atom stereocenters. The predicted octanol–water partition coefficient (Wildman–Crippen LogP) is -0.687. The standard InChI is InChI=1S/C13H22N2O5/c1-2-14-11-8-20-7-10(11)13(18)15-3-4-19-6-9(15)5-12(16)17/h9-11,14H,2-8H2,1H3,(H,16,17). The fourth-order valence-electron chi connectivity index (χ4n) is 2.79. The fourth-order valence-corrected chi connectivity index (χ4v) is 2.79. The first-order valence-corrected chi connectivity index (χ1v) is 7.04. The van der Waals surface area contributed by atoms with Gasteiger partial charge in [0.15, 0.2) is 0 Å². The van der Waals surface area contributed by atoms with Gasteiger partial charge in [-0.05, 0) is 6.54 Å². The summed E-state index contributed by atoms with van der Waals surface area (Å²) in [5.74, 6) is -1.17. The van der Waals surface area contributed by atoms with Crippen molar-refractivity contribution in [1.82, 2.24) is 10.2 Å². The lowest BCUT2D eigenvalue weighted by molar-refractivity contribution is -0.149. The van der Waals surface area contributed by atoms with Crippen molar-refractivity contribution in [2.24, 2.45) is 5.92 Å². The van der Waals surface area contributed by atoms with Gasteiger partial charge >= 0.3 is 5.97 Å². The average Bonchev–Trinajstić information content (AvgIpc) is 2.86.